The Balaban J connectivity index is 3.19. The van der Waals surface area contributed by atoms with Gasteiger partial charge in [-0.2, -0.15) is 4.20 Å². The summed E-state index contributed by atoms with van der Waals surface area (Å²) in [6.07, 6.45) is 2.44. The minimum atomic E-state index is -5.61. The number of halogens is 5. The SMILES string of the molecule is CCCCN(CCCC)P1(F)=NP(F)(F)=NP(F)(F)=N1. The Morgan fingerprint density at radius 2 is 1.20 bits per heavy atom. The van der Waals surface area contributed by atoms with Crippen molar-refractivity contribution < 1.29 is 21.0 Å². The van der Waals surface area contributed by atoms with Crippen LogP contribution in [0.3, 0.4) is 0 Å². The van der Waals surface area contributed by atoms with Gasteiger partial charge in [0.15, 0.2) is 0 Å². The molecule has 0 radical (unpaired) electrons. The predicted octanol–water partition coefficient (Wildman–Crippen LogP) is 7.59. The molecule has 0 spiro atoms. The number of rotatable bonds is 7. The van der Waals surface area contributed by atoms with Crippen molar-refractivity contribution in [2.45, 2.75) is 39.5 Å². The molecule has 20 heavy (non-hydrogen) atoms. The topological polar surface area (TPSA) is 40.3 Å². The van der Waals surface area contributed by atoms with Crippen LogP contribution in [0.25, 0.3) is 0 Å². The fourth-order valence-corrected chi connectivity index (χ4v) is 7.94. The van der Waals surface area contributed by atoms with Crippen LogP contribution >= 0.6 is 23.3 Å². The van der Waals surface area contributed by atoms with Gasteiger partial charge in [-0.15, -0.1) is 30.3 Å². The third-order valence-electron chi connectivity index (χ3n) is 2.56. The zero-order valence-corrected chi connectivity index (χ0v) is 13.9. The first-order chi connectivity index (χ1) is 9.14. The Kier molecular flexibility index (Phi) is 6.46. The number of unbranched alkanes of at least 4 members (excludes halogenated alkanes) is 2. The highest BCUT2D eigenvalue weighted by Crippen LogP contribution is 2.82. The molecule has 0 fully saturated rings. The maximum Gasteiger partial charge on any atom is 0.424 e. The molecule has 0 bridgehead atoms. The van der Waals surface area contributed by atoms with Crippen LogP contribution in [0.5, 0.6) is 0 Å². The summed E-state index contributed by atoms with van der Waals surface area (Å²) in [6.45, 7) is 3.89. The molecule has 1 aliphatic rings. The third kappa shape index (κ3) is 5.25. The summed E-state index contributed by atoms with van der Waals surface area (Å²) in [5, 5.41) is 0. The molecule has 0 amide bonds. The summed E-state index contributed by atoms with van der Waals surface area (Å²) in [6, 6.07) is 0. The molecule has 0 aromatic heterocycles. The van der Waals surface area contributed by atoms with Gasteiger partial charge in [0.05, 0.1) is 0 Å². The highest BCUT2D eigenvalue weighted by molar-refractivity contribution is 7.78. The van der Waals surface area contributed by atoms with Gasteiger partial charge >= 0.3 is 23.3 Å². The molecular formula is C8H18F5N4P3. The van der Waals surface area contributed by atoms with E-state index < -0.39 is 23.3 Å². The van der Waals surface area contributed by atoms with Gasteiger partial charge in [0.25, 0.3) is 0 Å². The van der Waals surface area contributed by atoms with Crippen LogP contribution in [0.2, 0.25) is 0 Å². The molecule has 1 rings (SSSR count). The van der Waals surface area contributed by atoms with Crippen molar-refractivity contribution in [1.29, 1.82) is 0 Å². The van der Waals surface area contributed by atoms with E-state index in [9.17, 15) is 21.0 Å². The lowest BCUT2D eigenvalue weighted by Crippen LogP contribution is -2.21. The van der Waals surface area contributed by atoms with Crippen molar-refractivity contribution in [3.63, 3.8) is 0 Å². The van der Waals surface area contributed by atoms with Crippen LogP contribution in [0.1, 0.15) is 39.5 Å². The first kappa shape index (κ1) is 18.3. The Labute approximate surface area is 116 Å². The van der Waals surface area contributed by atoms with Gasteiger partial charge in [0.1, 0.15) is 0 Å². The smallest absolute Gasteiger partial charge is 0.226 e. The first-order valence-corrected chi connectivity index (χ1v) is 10.8. The molecule has 1 aliphatic heterocycles. The van der Waals surface area contributed by atoms with Gasteiger partial charge < -0.3 is 0 Å². The molecule has 0 saturated carbocycles. The lowest BCUT2D eigenvalue weighted by Gasteiger charge is -2.28. The van der Waals surface area contributed by atoms with Gasteiger partial charge in [0, 0.05) is 13.1 Å². The molecule has 0 saturated heterocycles. The largest absolute Gasteiger partial charge is 0.424 e. The van der Waals surface area contributed by atoms with Crippen molar-refractivity contribution in [2.24, 2.45) is 13.5 Å². The van der Waals surface area contributed by atoms with Crippen LogP contribution < -0.4 is 0 Å². The maximum absolute atomic E-state index is 14.6. The van der Waals surface area contributed by atoms with Crippen LogP contribution in [0, 0.1) is 0 Å². The first-order valence-electron chi connectivity index (χ1n) is 6.29. The quantitative estimate of drug-likeness (QED) is 0.341. The summed E-state index contributed by atoms with van der Waals surface area (Å²) in [7, 11) is -15.9. The lowest BCUT2D eigenvalue weighted by molar-refractivity contribution is 0.408. The van der Waals surface area contributed by atoms with Crippen molar-refractivity contribution >= 4 is 23.3 Å². The van der Waals surface area contributed by atoms with Crippen LogP contribution in [0.4, 0.5) is 21.0 Å². The maximum atomic E-state index is 14.6. The van der Waals surface area contributed by atoms with E-state index in [1.54, 1.807) is 0 Å². The monoisotopic (exact) mass is 358 g/mol. The van der Waals surface area contributed by atoms with Crippen LogP contribution in [0.15, 0.2) is 13.5 Å². The second-order valence-electron chi connectivity index (χ2n) is 4.34. The van der Waals surface area contributed by atoms with Gasteiger partial charge in [-0.1, -0.05) is 26.7 Å². The summed E-state index contributed by atoms with van der Waals surface area (Å²) < 4.78 is 76.0. The van der Waals surface area contributed by atoms with E-state index in [-0.39, 0.29) is 13.1 Å². The molecular weight excluding hydrogens is 340 g/mol. The summed E-state index contributed by atoms with van der Waals surface area (Å²) in [5.74, 6) is 0. The van der Waals surface area contributed by atoms with Crippen molar-refractivity contribution in [3.8, 4) is 0 Å². The van der Waals surface area contributed by atoms with E-state index >= 15 is 0 Å². The average Bonchev–Trinajstić information content (AvgIpc) is 2.23. The van der Waals surface area contributed by atoms with E-state index in [1.807, 2.05) is 13.8 Å². The molecule has 0 aromatic carbocycles. The van der Waals surface area contributed by atoms with Gasteiger partial charge in [-0.3, -0.25) is 0 Å². The molecule has 12 heteroatoms. The van der Waals surface area contributed by atoms with Gasteiger partial charge in [0.2, 0.25) is 0 Å². The minimum absolute atomic E-state index is 0.105. The van der Waals surface area contributed by atoms with Gasteiger partial charge in [-0.05, 0) is 12.8 Å². The van der Waals surface area contributed by atoms with E-state index in [0.717, 1.165) is 4.67 Å². The number of nitrogens with zero attached hydrogens (tertiary/aromatic N) is 4. The second kappa shape index (κ2) is 7.04. The van der Waals surface area contributed by atoms with Crippen LogP contribution in [-0.4, -0.2) is 17.8 Å². The molecule has 1 unspecified atom stereocenters. The molecule has 1 atom stereocenters. The highest BCUT2D eigenvalue weighted by atomic mass is 31.3. The van der Waals surface area contributed by atoms with Crippen molar-refractivity contribution in [3.05, 3.63) is 0 Å². The Morgan fingerprint density at radius 1 is 0.750 bits per heavy atom. The summed E-state index contributed by atoms with van der Waals surface area (Å²) in [5.41, 5.74) is 0. The summed E-state index contributed by atoms with van der Waals surface area (Å²) in [4.78, 5) is 0. The average molecular weight is 358 g/mol. The molecule has 4 nitrogen and oxygen atoms in total. The van der Waals surface area contributed by atoms with E-state index in [2.05, 4.69) is 13.5 Å². The standard InChI is InChI=1S/C8H18F5N4P3/c1-3-5-7-17(8-6-4-2)20(13)15-18(9,10)14-19(11,12)16-20/h3-8H2,1-2H3. The number of hydrogen-bond donors (Lipinski definition) is 0. The normalized spacial score (nSPS) is 27.6. The Hall–Kier alpha value is 0.300. The zero-order valence-electron chi connectivity index (χ0n) is 11.3. The van der Waals surface area contributed by atoms with E-state index in [4.69, 9.17) is 0 Å². The summed E-state index contributed by atoms with van der Waals surface area (Å²) >= 11 is 0. The zero-order chi connectivity index (χ0) is 15.4. The second-order valence-corrected chi connectivity index (χ2v) is 9.86. The Morgan fingerprint density at radius 3 is 1.60 bits per heavy atom. The molecule has 0 N–H and O–H groups in total. The van der Waals surface area contributed by atoms with E-state index in [0.29, 0.717) is 25.7 Å². The van der Waals surface area contributed by atoms with Crippen molar-refractivity contribution in [1.82, 2.24) is 4.67 Å². The molecule has 0 aliphatic carbocycles. The third-order valence-corrected chi connectivity index (χ3v) is 8.94. The molecule has 1 heterocycles. The van der Waals surface area contributed by atoms with E-state index in [1.165, 1.54) is 0 Å². The highest BCUT2D eigenvalue weighted by Gasteiger charge is 2.42. The Bertz CT molecular complexity index is 481. The molecule has 0 aromatic rings. The fraction of sp³-hybridized carbons (Fsp3) is 1.00. The minimum Gasteiger partial charge on any atom is -0.226 e. The predicted molar refractivity (Wildman–Crippen MR) is 75.0 cm³/mol. The van der Waals surface area contributed by atoms with Crippen LogP contribution in [-0.2, 0) is 0 Å². The fourth-order valence-electron chi connectivity index (χ4n) is 1.62. The lowest BCUT2D eigenvalue weighted by atomic mass is 10.3. The molecule has 120 valence electrons. The number of hydrogen-bond acceptors (Lipinski definition) is 4. The van der Waals surface area contributed by atoms with Crippen molar-refractivity contribution in [2.75, 3.05) is 13.1 Å². The van der Waals surface area contributed by atoms with Gasteiger partial charge in [-0.25, -0.2) is 4.67 Å².